The van der Waals surface area contributed by atoms with E-state index >= 15 is 0 Å². The summed E-state index contributed by atoms with van der Waals surface area (Å²) in [5, 5.41) is 3.00. The Morgan fingerprint density at radius 3 is 2.06 bits per heavy atom. The molecular weight excluding hydrogens is 477 g/mol. The van der Waals surface area contributed by atoms with Gasteiger partial charge in [0.15, 0.2) is 0 Å². The van der Waals surface area contributed by atoms with Crippen molar-refractivity contribution in [2.45, 2.75) is 45.7 Å². The number of nitrogens with zero attached hydrogens (tertiary/aromatic N) is 2. The van der Waals surface area contributed by atoms with Crippen LogP contribution in [0.2, 0.25) is 0 Å². The summed E-state index contributed by atoms with van der Waals surface area (Å²) in [5.74, 6) is -0.871. The molecule has 6 nitrogen and oxygen atoms in total. The molecule has 0 saturated carbocycles. The van der Waals surface area contributed by atoms with Gasteiger partial charge in [-0.25, -0.2) is 4.39 Å². The van der Waals surface area contributed by atoms with Gasteiger partial charge in [0.05, 0.1) is 18.3 Å². The van der Waals surface area contributed by atoms with E-state index in [-0.39, 0.29) is 29.6 Å². The van der Waals surface area contributed by atoms with Gasteiger partial charge in [0.2, 0.25) is 0 Å². The monoisotopic (exact) mass is 511 g/mol. The van der Waals surface area contributed by atoms with Crippen molar-refractivity contribution in [1.82, 2.24) is 9.62 Å². The van der Waals surface area contributed by atoms with Crippen LogP contribution >= 0.6 is 0 Å². The smallest absolute Gasteiger partial charge is 0.303 e. The van der Waals surface area contributed by atoms with Gasteiger partial charge in [-0.05, 0) is 53.3 Å². The molecule has 1 amide bonds. The summed E-state index contributed by atoms with van der Waals surface area (Å²) in [6.07, 6.45) is 0. The largest absolute Gasteiger partial charge is 0.346 e. The molecule has 1 N–H and O–H groups in total. The second-order valence-corrected chi connectivity index (χ2v) is 12.1. The predicted molar refractivity (Wildman–Crippen MR) is 143 cm³/mol. The Morgan fingerprint density at radius 1 is 0.944 bits per heavy atom. The molecule has 3 aromatic rings. The molecule has 3 rings (SSSR count). The first-order chi connectivity index (χ1) is 16.8. The summed E-state index contributed by atoms with van der Waals surface area (Å²) < 4.78 is 42.4. The molecule has 0 unspecified atom stereocenters. The minimum atomic E-state index is -3.95. The van der Waals surface area contributed by atoms with E-state index in [1.54, 1.807) is 30.3 Å². The molecule has 0 radical (unpaired) electrons. The molecule has 1 atom stereocenters. The van der Waals surface area contributed by atoms with E-state index in [4.69, 9.17) is 0 Å². The third-order valence-corrected chi connectivity index (χ3v) is 7.83. The van der Waals surface area contributed by atoms with E-state index in [2.05, 4.69) is 38.2 Å². The minimum Gasteiger partial charge on any atom is -0.346 e. The summed E-state index contributed by atoms with van der Waals surface area (Å²) in [6, 6.07) is 20.4. The maximum atomic E-state index is 14.5. The first kappa shape index (κ1) is 27.4. The number of hydrogen-bond donors (Lipinski definition) is 1. The van der Waals surface area contributed by atoms with Crippen molar-refractivity contribution in [3.05, 3.63) is 101 Å². The number of nitrogens with one attached hydrogen (secondary N) is 1. The van der Waals surface area contributed by atoms with E-state index in [0.717, 1.165) is 14.2 Å². The van der Waals surface area contributed by atoms with Gasteiger partial charge in [-0.3, -0.25) is 9.10 Å². The van der Waals surface area contributed by atoms with Crippen LogP contribution in [0.1, 0.15) is 60.8 Å². The van der Waals surface area contributed by atoms with Crippen molar-refractivity contribution in [3.63, 3.8) is 0 Å². The number of halogens is 1. The van der Waals surface area contributed by atoms with Crippen LogP contribution in [-0.2, 0) is 22.2 Å². The average molecular weight is 512 g/mol. The molecule has 3 aromatic carbocycles. The summed E-state index contributed by atoms with van der Waals surface area (Å²) in [5.41, 5.74) is 3.30. The molecule has 0 aromatic heterocycles. The highest BCUT2D eigenvalue weighted by Crippen LogP contribution is 2.26. The average Bonchev–Trinajstić information content (AvgIpc) is 2.82. The number of hydrogen-bond acceptors (Lipinski definition) is 3. The summed E-state index contributed by atoms with van der Waals surface area (Å²) in [6.45, 7) is 8.31. The zero-order chi connectivity index (χ0) is 26.7. The highest BCUT2D eigenvalue weighted by atomic mass is 32.2. The van der Waals surface area contributed by atoms with Gasteiger partial charge >= 0.3 is 10.2 Å². The summed E-state index contributed by atoms with van der Waals surface area (Å²) in [4.78, 5) is 12.8. The van der Waals surface area contributed by atoms with Gasteiger partial charge in [0, 0.05) is 19.7 Å². The zero-order valence-corrected chi connectivity index (χ0v) is 22.4. The van der Waals surface area contributed by atoms with Gasteiger partial charge in [-0.15, -0.1) is 0 Å². The molecule has 0 saturated heterocycles. The minimum absolute atomic E-state index is 0.0423. The van der Waals surface area contributed by atoms with Gasteiger partial charge < -0.3 is 5.32 Å². The fraction of sp³-hybridized carbons (Fsp3) is 0.321. The van der Waals surface area contributed by atoms with E-state index in [9.17, 15) is 17.6 Å². The van der Waals surface area contributed by atoms with Gasteiger partial charge in [-0.1, -0.05) is 69.3 Å². The number of carbonyl (C=O) groups is 1. The highest BCUT2D eigenvalue weighted by molar-refractivity contribution is 7.90. The first-order valence-corrected chi connectivity index (χ1v) is 13.2. The van der Waals surface area contributed by atoms with Crippen LogP contribution in [0.15, 0.2) is 72.8 Å². The Morgan fingerprint density at radius 2 is 1.53 bits per heavy atom. The molecule has 0 fully saturated rings. The Kier molecular flexibility index (Phi) is 8.21. The number of para-hydroxylation sites is 1. The lowest BCUT2D eigenvalue weighted by molar-refractivity contribution is 0.0940. The molecule has 0 heterocycles. The zero-order valence-electron chi connectivity index (χ0n) is 21.6. The van der Waals surface area contributed by atoms with Crippen LogP contribution in [0.25, 0.3) is 0 Å². The summed E-state index contributed by atoms with van der Waals surface area (Å²) in [7, 11) is -1.16. The van der Waals surface area contributed by atoms with Crippen molar-refractivity contribution in [1.29, 1.82) is 0 Å². The fourth-order valence-electron chi connectivity index (χ4n) is 3.70. The van der Waals surface area contributed by atoms with Crippen molar-refractivity contribution < 1.29 is 17.6 Å². The first-order valence-electron chi connectivity index (χ1n) is 11.8. The number of rotatable bonds is 8. The van der Waals surface area contributed by atoms with E-state index < -0.39 is 16.0 Å². The molecule has 0 spiro atoms. The third-order valence-electron chi connectivity index (χ3n) is 6.03. The Hall–Kier alpha value is -3.23. The predicted octanol–water partition coefficient (Wildman–Crippen LogP) is 5.43. The standard InChI is InChI=1S/C28H34FN3O3S/c1-20(22-15-17-24(18-16-22)28(2,3)4)30-27(33)23-13-11-21(12-14-23)19-32(36(34,35)31(5)6)26-10-8-7-9-25(26)29/h7-18,20H,19H2,1-6H3,(H,30,33)/t20-/m1/s1. The lowest BCUT2D eigenvalue weighted by atomic mass is 9.86. The van der Waals surface area contributed by atoms with Crippen LogP contribution in [0.5, 0.6) is 0 Å². The van der Waals surface area contributed by atoms with E-state index in [1.807, 2.05) is 19.1 Å². The second-order valence-electron chi connectivity index (χ2n) is 10.0. The number of anilines is 1. The van der Waals surface area contributed by atoms with Crippen molar-refractivity contribution in [2.24, 2.45) is 0 Å². The molecule has 0 bridgehead atoms. The van der Waals surface area contributed by atoms with Gasteiger partial charge in [0.25, 0.3) is 5.91 Å². The number of amides is 1. The molecular formula is C28H34FN3O3S. The van der Waals surface area contributed by atoms with E-state index in [1.165, 1.54) is 37.9 Å². The van der Waals surface area contributed by atoms with Crippen LogP contribution in [0, 0.1) is 5.82 Å². The number of benzene rings is 3. The lowest BCUT2D eigenvalue weighted by Crippen LogP contribution is -2.40. The Labute approximate surface area is 213 Å². The van der Waals surface area contributed by atoms with Crippen LogP contribution < -0.4 is 9.62 Å². The number of carbonyl (C=O) groups excluding carboxylic acids is 1. The van der Waals surface area contributed by atoms with Gasteiger partial charge in [-0.2, -0.15) is 12.7 Å². The van der Waals surface area contributed by atoms with Crippen molar-refractivity contribution in [2.75, 3.05) is 18.4 Å². The van der Waals surface area contributed by atoms with Gasteiger partial charge in [0.1, 0.15) is 5.82 Å². The Bertz CT molecular complexity index is 1300. The molecule has 192 valence electrons. The summed E-state index contributed by atoms with van der Waals surface area (Å²) >= 11 is 0. The Balaban J connectivity index is 1.75. The highest BCUT2D eigenvalue weighted by Gasteiger charge is 2.27. The normalized spacial score (nSPS) is 12.9. The second kappa shape index (κ2) is 10.8. The quantitative estimate of drug-likeness (QED) is 0.439. The SMILES string of the molecule is C[C@@H](NC(=O)c1ccc(CN(c2ccccc2F)S(=O)(=O)N(C)C)cc1)c1ccc(C(C)(C)C)cc1. The van der Waals surface area contributed by atoms with Crippen LogP contribution in [0.3, 0.4) is 0 Å². The van der Waals surface area contributed by atoms with Crippen molar-refractivity contribution >= 4 is 21.8 Å². The van der Waals surface area contributed by atoms with Crippen LogP contribution in [0.4, 0.5) is 10.1 Å². The molecule has 0 aliphatic heterocycles. The topological polar surface area (TPSA) is 69.7 Å². The lowest BCUT2D eigenvalue weighted by Gasteiger charge is -2.27. The van der Waals surface area contributed by atoms with Crippen LogP contribution in [-0.4, -0.2) is 32.7 Å². The third kappa shape index (κ3) is 6.30. The molecule has 36 heavy (non-hydrogen) atoms. The maximum absolute atomic E-state index is 14.5. The maximum Gasteiger partial charge on any atom is 0.303 e. The van der Waals surface area contributed by atoms with E-state index in [0.29, 0.717) is 11.1 Å². The molecule has 0 aliphatic rings. The molecule has 8 heteroatoms. The van der Waals surface area contributed by atoms with Crippen molar-refractivity contribution in [3.8, 4) is 0 Å². The molecule has 0 aliphatic carbocycles. The fourth-order valence-corrected chi connectivity index (χ4v) is 4.81.